The number of nitrogens with zero attached hydrogens (tertiary/aromatic N) is 2. The van der Waals surface area contributed by atoms with Crippen LogP contribution in [0.1, 0.15) is 49.5 Å². The van der Waals surface area contributed by atoms with Gasteiger partial charge in [0.15, 0.2) is 5.82 Å². The second-order valence-corrected chi connectivity index (χ2v) is 5.75. The molecular weight excluding hydrogens is 282 g/mol. The molecular formula is C12H16BrN3O. The van der Waals surface area contributed by atoms with Gasteiger partial charge < -0.3 is 10.5 Å². The highest BCUT2D eigenvalue weighted by Crippen LogP contribution is 2.47. The summed E-state index contributed by atoms with van der Waals surface area (Å²) in [5, 5.41) is 0. The van der Waals surface area contributed by atoms with Crippen LogP contribution in [0.5, 0.6) is 0 Å². The van der Waals surface area contributed by atoms with Crippen molar-refractivity contribution < 1.29 is 4.74 Å². The van der Waals surface area contributed by atoms with E-state index in [1.54, 1.807) is 7.11 Å². The summed E-state index contributed by atoms with van der Waals surface area (Å²) < 4.78 is 6.48. The van der Waals surface area contributed by atoms with Gasteiger partial charge in [0.05, 0.1) is 10.2 Å². The Morgan fingerprint density at radius 2 is 2.06 bits per heavy atom. The van der Waals surface area contributed by atoms with Gasteiger partial charge in [-0.1, -0.05) is 0 Å². The number of aromatic nitrogens is 2. The topological polar surface area (TPSA) is 61.0 Å². The minimum atomic E-state index is -0.279. The zero-order valence-corrected chi connectivity index (χ0v) is 11.5. The van der Waals surface area contributed by atoms with Crippen molar-refractivity contribution in [1.82, 2.24) is 9.97 Å². The molecule has 0 radical (unpaired) electrons. The second-order valence-electron chi connectivity index (χ2n) is 4.96. The van der Waals surface area contributed by atoms with Gasteiger partial charge in [0.2, 0.25) is 0 Å². The van der Waals surface area contributed by atoms with E-state index in [-0.39, 0.29) is 5.60 Å². The largest absolute Gasteiger partial charge is 0.383 e. The molecule has 0 aliphatic heterocycles. The lowest BCUT2D eigenvalue weighted by Crippen LogP contribution is -2.38. The van der Waals surface area contributed by atoms with E-state index in [9.17, 15) is 0 Å². The van der Waals surface area contributed by atoms with E-state index in [1.165, 1.54) is 19.3 Å². The highest BCUT2D eigenvalue weighted by Gasteiger charge is 2.43. The Bertz CT molecular complexity index is 450. The zero-order chi connectivity index (χ0) is 12.0. The third-order valence-electron chi connectivity index (χ3n) is 3.83. The fourth-order valence-electron chi connectivity index (χ4n) is 2.33. The van der Waals surface area contributed by atoms with Crippen molar-refractivity contribution in [1.29, 1.82) is 0 Å². The van der Waals surface area contributed by atoms with E-state index >= 15 is 0 Å². The molecule has 1 aromatic rings. The standard InChI is InChI=1S/C12H16BrN3O/c1-17-12(5-2-6-12)11-15-9(7-3-4-7)8(13)10(14)16-11/h7H,2-6H2,1H3,(H2,14,15,16). The number of rotatable bonds is 3. The summed E-state index contributed by atoms with van der Waals surface area (Å²) in [6, 6.07) is 0. The van der Waals surface area contributed by atoms with Gasteiger partial charge in [-0.3, -0.25) is 0 Å². The molecule has 92 valence electrons. The molecule has 0 unspecified atom stereocenters. The van der Waals surface area contributed by atoms with E-state index in [0.29, 0.717) is 11.7 Å². The maximum absolute atomic E-state index is 5.96. The van der Waals surface area contributed by atoms with E-state index in [1.807, 2.05) is 0 Å². The van der Waals surface area contributed by atoms with Gasteiger partial charge in [-0.05, 0) is 48.0 Å². The van der Waals surface area contributed by atoms with Gasteiger partial charge >= 0.3 is 0 Å². The van der Waals surface area contributed by atoms with Crippen molar-refractivity contribution >= 4 is 21.7 Å². The molecule has 1 heterocycles. The summed E-state index contributed by atoms with van der Waals surface area (Å²) >= 11 is 3.49. The Balaban J connectivity index is 2.05. The van der Waals surface area contributed by atoms with Crippen LogP contribution in [-0.2, 0) is 10.3 Å². The molecule has 1 aromatic heterocycles. The Labute approximate surface area is 109 Å². The molecule has 2 saturated carbocycles. The van der Waals surface area contributed by atoms with Crippen LogP contribution in [0.25, 0.3) is 0 Å². The van der Waals surface area contributed by atoms with Gasteiger partial charge in [0.1, 0.15) is 11.4 Å². The summed E-state index contributed by atoms with van der Waals surface area (Å²) in [5.41, 5.74) is 6.75. The van der Waals surface area contributed by atoms with Crippen molar-refractivity contribution in [3.05, 3.63) is 16.0 Å². The first-order valence-corrected chi connectivity index (χ1v) is 6.84. The molecule has 2 aliphatic carbocycles. The fraction of sp³-hybridized carbons (Fsp3) is 0.667. The highest BCUT2D eigenvalue weighted by molar-refractivity contribution is 9.10. The summed E-state index contributed by atoms with van der Waals surface area (Å²) in [4.78, 5) is 9.10. The minimum absolute atomic E-state index is 0.279. The zero-order valence-electron chi connectivity index (χ0n) is 9.87. The molecule has 0 amide bonds. The van der Waals surface area contributed by atoms with Crippen LogP contribution >= 0.6 is 15.9 Å². The Hall–Kier alpha value is -0.680. The number of nitrogens with two attached hydrogens (primary N) is 1. The average molecular weight is 298 g/mol. The van der Waals surface area contributed by atoms with Gasteiger partial charge in [-0.15, -0.1) is 0 Å². The van der Waals surface area contributed by atoms with E-state index in [0.717, 1.165) is 28.8 Å². The van der Waals surface area contributed by atoms with Gasteiger partial charge in [-0.2, -0.15) is 0 Å². The summed E-state index contributed by atoms with van der Waals surface area (Å²) in [5.74, 6) is 1.87. The van der Waals surface area contributed by atoms with Crippen LogP contribution in [0.4, 0.5) is 5.82 Å². The second kappa shape index (κ2) is 3.92. The third kappa shape index (κ3) is 1.76. The SMILES string of the molecule is COC1(c2nc(N)c(Br)c(C3CC3)n2)CCC1. The summed E-state index contributed by atoms with van der Waals surface area (Å²) in [6.07, 6.45) is 5.57. The lowest BCUT2D eigenvalue weighted by molar-refractivity contribution is -0.0847. The molecule has 4 nitrogen and oxygen atoms in total. The van der Waals surface area contributed by atoms with E-state index in [2.05, 4.69) is 20.9 Å². The minimum Gasteiger partial charge on any atom is -0.383 e. The molecule has 17 heavy (non-hydrogen) atoms. The van der Waals surface area contributed by atoms with E-state index < -0.39 is 0 Å². The van der Waals surface area contributed by atoms with Crippen LogP contribution < -0.4 is 5.73 Å². The van der Waals surface area contributed by atoms with Gasteiger partial charge in [-0.25, -0.2) is 9.97 Å². The molecule has 0 spiro atoms. The number of ether oxygens (including phenoxy) is 1. The van der Waals surface area contributed by atoms with Gasteiger partial charge in [0.25, 0.3) is 0 Å². The predicted octanol–water partition coefficient (Wildman–Crippen LogP) is 2.72. The number of nitrogen functional groups attached to an aromatic ring is 1. The van der Waals surface area contributed by atoms with Crippen LogP contribution in [0, 0.1) is 0 Å². The molecule has 2 N–H and O–H groups in total. The van der Waals surface area contributed by atoms with Crippen LogP contribution in [-0.4, -0.2) is 17.1 Å². The molecule has 5 heteroatoms. The number of halogens is 1. The quantitative estimate of drug-likeness (QED) is 0.932. The maximum Gasteiger partial charge on any atom is 0.162 e. The van der Waals surface area contributed by atoms with Crippen LogP contribution in [0.2, 0.25) is 0 Å². The number of anilines is 1. The Morgan fingerprint density at radius 3 is 2.53 bits per heavy atom. The first-order chi connectivity index (χ1) is 8.16. The molecule has 0 aromatic carbocycles. The van der Waals surface area contributed by atoms with Crippen molar-refractivity contribution in [3.63, 3.8) is 0 Å². The number of hydrogen-bond donors (Lipinski definition) is 1. The Morgan fingerprint density at radius 1 is 1.35 bits per heavy atom. The predicted molar refractivity (Wildman–Crippen MR) is 68.7 cm³/mol. The highest BCUT2D eigenvalue weighted by atomic mass is 79.9. The number of hydrogen-bond acceptors (Lipinski definition) is 4. The number of methoxy groups -OCH3 is 1. The first-order valence-electron chi connectivity index (χ1n) is 6.05. The lowest BCUT2D eigenvalue weighted by Gasteiger charge is -2.39. The normalized spacial score (nSPS) is 22.2. The van der Waals surface area contributed by atoms with Crippen molar-refractivity contribution in [3.8, 4) is 0 Å². The first kappa shape index (κ1) is 11.4. The van der Waals surface area contributed by atoms with Crippen molar-refractivity contribution in [2.75, 3.05) is 12.8 Å². The van der Waals surface area contributed by atoms with Crippen LogP contribution in [0.15, 0.2) is 4.47 Å². The molecule has 2 fully saturated rings. The Kier molecular flexibility index (Phi) is 2.63. The average Bonchev–Trinajstić information content (AvgIpc) is 3.06. The molecule has 3 rings (SSSR count). The van der Waals surface area contributed by atoms with Crippen LogP contribution in [0.3, 0.4) is 0 Å². The van der Waals surface area contributed by atoms with Crippen molar-refractivity contribution in [2.24, 2.45) is 0 Å². The lowest BCUT2D eigenvalue weighted by atomic mass is 9.79. The van der Waals surface area contributed by atoms with Crippen molar-refractivity contribution in [2.45, 2.75) is 43.6 Å². The summed E-state index contributed by atoms with van der Waals surface area (Å²) in [6.45, 7) is 0. The van der Waals surface area contributed by atoms with Gasteiger partial charge in [0, 0.05) is 13.0 Å². The smallest absolute Gasteiger partial charge is 0.162 e. The summed E-state index contributed by atoms with van der Waals surface area (Å²) in [7, 11) is 1.73. The monoisotopic (exact) mass is 297 g/mol. The fourth-order valence-corrected chi connectivity index (χ4v) is 2.83. The molecule has 0 saturated heterocycles. The van der Waals surface area contributed by atoms with E-state index in [4.69, 9.17) is 15.5 Å². The third-order valence-corrected chi connectivity index (χ3v) is 4.64. The molecule has 2 aliphatic rings. The molecule has 0 bridgehead atoms. The molecule has 0 atom stereocenters. The maximum atomic E-state index is 5.96.